The molecule has 8 nitrogen and oxygen atoms in total. The summed E-state index contributed by atoms with van der Waals surface area (Å²) in [6.45, 7) is 8.40. The first-order valence-corrected chi connectivity index (χ1v) is 11.4. The van der Waals surface area contributed by atoms with E-state index in [2.05, 4.69) is 33.3 Å². The maximum Gasteiger partial charge on any atom is 0.410 e. The van der Waals surface area contributed by atoms with Gasteiger partial charge in [0.1, 0.15) is 12.4 Å². The lowest BCUT2D eigenvalue weighted by Gasteiger charge is -2.39. The molecule has 1 saturated heterocycles. The molecule has 1 amide bonds. The third kappa shape index (κ3) is 3.97. The number of aromatic nitrogens is 4. The lowest BCUT2D eigenvalue weighted by atomic mass is 10.2. The van der Waals surface area contributed by atoms with Gasteiger partial charge in [0.2, 0.25) is 5.95 Å². The van der Waals surface area contributed by atoms with Crippen molar-refractivity contribution in [3.8, 4) is 0 Å². The number of carbonyl (C=O) groups excluding carboxylic acids is 1. The van der Waals surface area contributed by atoms with Crippen molar-refractivity contribution in [1.29, 1.82) is 0 Å². The molecule has 0 spiro atoms. The van der Waals surface area contributed by atoms with Gasteiger partial charge in [-0.15, -0.1) is 10.2 Å². The fourth-order valence-corrected chi connectivity index (χ4v) is 4.38. The molecule has 1 fully saturated rings. The molecule has 0 aliphatic carbocycles. The molecule has 0 N–H and O–H groups in total. The van der Waals surface area contributed by atoms with Crippen LogP contribution in [-0.2, 0) is 11.3 Å². The molecule has 5 rings (SSSR count). The van der Waals surface area contributed by atoms with Gasteiger partial charge in [0.25, 0.3) is 0 Å². The molecule has 170 valence electrons. The Morgan fingerprint density at radius 2 is 1.82 bits per heavy atom. The average molecular weight is 445 g/mol. The van der Waals surface area contributed by atoms with E-state index < -0.39 is 0 Å². The molecule has 1 aliphatic rings. The van der Waals surface area contributed by atoms with E-state index >= 15 is 0 Å². The molecule has 2 aromatic heterocycles. The van der Waals surface area contributed by atoms with Gasteiger partial charge in [0.05, 0.1) is 5.52 Å². The molecule has 0 radical (unpaired) electrons. The lowest BCUT2D eigenvalue weighted by molar-refractivity contribution is 0.0793. The van der Waals surface area contributed by atoms with Crippen LogP contribution in [0.15, 0.2) is 54.6 Å². The molecule has 0 unspecified atom stereocenters. The van der Waals surface area contributed by atoms with Gasteiger partial charge in [0, 0.05) is 37.0 Å². The van der Waals surface area contributed by atoms with Crippen molar-refractivity contribution < 1.29 is 9.53 Å². The van der Waals surface area contributed by atoms with Gasteiger partial charge in [-0.05, 0) is 24.6 Å². The molecule has 8 heteroatoms. The first-order chi connectivity index (χ1) is 16.0. The summed E-state index contributed by atoms with van der Waals surface area (Å²) >= 11 is 0. The normalized spacial score (nSPS) is 16.7. The van der Waals surface area contributed by atoms with E-state index in [1.165, 1.54) is 0 Å². The minimum absolute atomic E-state index is 0.0238. The molecule has 0 saturated carbocycles. The summed E-state index contributed by atoms with van der Waals surface area (Å²) < 4.78 is 7.65. The van der Waals surface area contributed by atoms with Crippen LogP contribution in [0.25, 0.3) is 16.6 Å². The largest absolute Gasteiger partial charge is 0.445 e. The van der Waals surface area contributed by atoms with Crippen LogP contribution in [0, 0.1) is 0 Å². The van der Waals surface area contributed by atoms with Gasteiger partial charge in [-0.1, -0.05) is 56.3 Å². The van der Waals surface area contributed by atoms with Crippen molar-refractivity contribution in [2.24, 2.45) is 0 Å². The number of amides is 1. The minimum atomic E-state index is -0.283. The number of nitrogens with zero attached hydrogens (tertiary/aromatic N) is 6. The number of hydrogen-bond acceptors (Lipinski definition) is 6. The average Bonchev–Trinajstić information content (AvgIpc) is 3.28. The molecule has 33 heavy (non-hydrogen) atoms. The van der Waals surface area contributed by atoms with Crippen LogP contribution in [0.5, 0.6) is 0 Å². The molecule has 0 bridgehead atoms. The molecular formula is C25H28N6O2. The second-order valence-corrected chi connectivity index (χ2v) is 8.83. The summed E-state index contributed by atoms with van der Waals surface area (Å²) in [4.78, 5) is 21.8. The Labute approximate surface area is 192 Å². The zero-order chi connectivity index (χ0) is 22.9. The number of carbonyl (C=O) groups is 1. The number of para-hydroxylation sites is 1. The Kier molecular flexibility index (Phi) is 5.58. The van der Waals surface area contributed by atoms with Crippen molar-refractivity contribution in [2.45, 2.75) is 39.3 Å². The van der Waals surface area contributed by atoms with Crippen molar-refractivity contribution in [2.75, 3.05) is 24.5 Å². The van der Waals surface area contributed by atoms with Gasteiger partial charge in [-0.3, -0.25) is 0 Å². The van der Waals surface area contributed by atoms with Crippen LogP contribution in [0.1, 0.15) is 38.1 Å². The third-order valence-corrected chi connectivity index (χ3v) is 6.12. The van der Waals surface area contributed by atoms with Crippen LogP contribution in [0.2, 0.25) is 0 Å². The Morgan fingerprint density at radius 3 is 2.58 bits per heavy atom. The quantitative estimate of drug-likeness (QED) is 0.468. The number of anilines is 1. The number of ether oxygens (including phenoxy) is 1. The topological polar surface area (TPSA) is 75.9 Å². The zero-order valence-corrected chi connectivity index (χ0v) is 19.2. The number of benzene rings is 2. The number of rotatable bonds is 4. The zero-order valence-electron chi connectivity index (χ0n) is 19.2. The molecule has 4 aromatic rings. The summed E-state index contributed by atoms with van der Waals surface area (Å²) in [5.41, 5.74) is 2.69. The Hall–Kier alpha value is -3.68. The highest BCUT2D eigenvalue weighted by Gasteiger charge is 2.31. The van der Waals surface area contributed by atoms with Gasteiger partial charge in [-0.25, -0.2) is 14.2 Å². The Balaban J connectivity index is 1.40. The number of piperazine rings is 1. The molecule has 1 atom stereocenters. The fraction of sp³-hybridized carbons (Fsp3) is 0.360. The predicted molar refractivity (Wildman–Crippen MR) is 127 cm³/mol. The van der Waals surface area contributed by atoms with Crippen LogP contribution in [0.4, 0.5) is 10.7 Å². The maximum atomic E-state index is 12.8. The Morgan fingerprint density at radius 1 is 1.06 bits per heavy atom. The van der Waals surface area contributed by atoms with Gasteiger partial charge < -0.3 is 14.5 Å². The van der Waals surface area contributed by atoms with E-state index in [1.54, 1.807) is 4.90 Å². The van der Waals surface area contributed by atoms with Crippen molar-refractivity contribution in [1.82, 2.24) is 24.5 Å². The third-order valence-electron chi connectivity index (χ3n) is 6.12. The highest BCUT2D eigenvalue weighted by Crippen LogP contribution is 2.28. The standard InChI is InChI=1S/C25H28N6O2/c1-17(2)22-27-28-23-20-11-7-8-12-21(20)26-24(31(22)23)29-13-14-30(18(3)15-29)25(32)33-16-19-9-5-4-6-10-19/h4-12,17-18H,13-16H2,1-3H3/t18-/m0/s1. The van der Waals surface area contributed by atoms with Crippen LogP contribution < -0.4 is 4.90 Å². The molecular weight excluding hydrogens is 416 g/mol. The van der Waals surface area contributed by atoms with Crippen molar-refractivity contribution in [3.05, 3.63) is 66.0 Å². The van der Waals surface area contributed by atoms with E-state index in [0.29, 0.717) is 19.6 Å². The maximum absolute atomic E-state index is 12.8. The minimum Gasteiger partial charge on any atom is -0.445 e. The van der Waals surface area contributed by atoms with Crippen LogP contribution in [-0.4, -0.2) is 56.3 Å². The summed E-state index contributed by atoms with van der Waals surface area (Å²) in [6.07, 6.45) is -0.283. The molecule has 3 heterocycles. The summed E-state index contributed by atoms with van der Waals surface area (Å²) in [7, 11) is 0. The predicted octanol–water partition coefficient (Wildman–Crippen LogP) is 4.25. The number of hydrogen-bond donors (Lipinski definition) is 0. The van der Waals surface area contributed by atoms with Crippen LogP contribution >= 0.6 is 0 Å². The van der Waals surface area contributed by atoms with Crippen LogP contribution in [0.3, 0.4) is 0 Å². The SMILES string of the molecule is CC(C)c1nnc2c3ccccc3nc(N3CCN(C(=O)OCc4ccccc4)[C@@H](C)C3)n12. The summed E-state index contributed by atoms with van der Waals surface area (Å²) in [5.74, 6) is 1.91. The highest BCUT2D eigenvalue weighted by molar-refractivity contribution is 5.92. The van der Waals surface area contributed by atoms with E-state index in [0.717, 1.165) is 33.9 Å². The molecule has 1 aliphatic heterocycles. The van der Waals surface area contributed by atoms with E-state index in [1.807, 2.05) is 61.5 Å². The van der Waals surface area contributed by atoms with Crippen molar-refractivity contribution >= 4 is 28.6 Å². The summed E-state index contributed by atoms with van der Waals surface area (Å²) in [6, 6.07) is 17.7. The smallest absolute Gasteiger partial charge is 0.410 e. The fourth-order valence-electron chi connectivity index (χ4n) is 4.38. The summed E-state index contributed by atoms with van der Waals surface area (Å²) in [5, 5.41) is 9.96. The Bertz CT molecular complexity index is 1290. The monoisotopic (exact) mass is 444 g/mol. The second-order valence-electron chi connectivity index (χ2n) is 8.83. The van der Waals surface area contributed by atoms with Gasteiger partial charge in [-0.2, -0.15) is 0 Å². The van der Waals surface area contributed by atoms with Gasteiger partial charge in [0.15, 0.2) is 5.65 Å². The highest BCUT2D eigenvalue weighted by atomic mass is 16.6. The second kappa shape index (κ2) is 8.69. The van der Waals surface area contributed by atoms with E-state index in [4.69, 9.17) is 9.72 Å². The van der Waals surface area contributed by atoms with E-state index in [9.17, 15) is 4.79 Å². The lowest BCUT2D eigenvalue weighted by Crippen LogP contribution is -2.54. The van der Waals surface area contributed by atoms with E-state index in [-0.39, 0.29) is 24.7 Å². The molecule has 2 aromatic carbocycles. The first-order valence-electron chi connectivity index (χ1n) is 11.4. The van der Waals surface area contributed by atoms with Gasteiger partial charge >= 0.3 is 6.09 Å². The number of fused-ring (bicyclic) bond motifs is 3. The van der Waals surface area contributed by atoms with Crippen molar-refractivity contribution in [3.63, 3.8) is 0 Å². The first kappa shape index (κ1) is 21.2.